The molecule has 9 heteroatoms. The quantitative estimate of drug-likeness (QED) is 0.639. The van der Waals surface area contributed by atoms with E-state index in [1.165, 1.54) is 5.69 Å². The van der Waals surface area contributed by atoms with Crippen LogP contribution in [0.15, 0.2) is 24.7 Å². The SMILES string of the molecule is Cc1cc2ncc3c(n2n1)CC1CCC3N1C(=O)c1cnc(N2CCOCC2)nc1. The molecule has 2 saturated heterocycles. The van der Waals surface area contributed by atoms with E-state index in [1.807, 2.05) is 28.6 Å². The molecule has 9 nitrogen and oxygen atoms in total. The van der Waals surface area contributed by atoms with Gasteiger partial charge in [0.25, 0.3) is 5.91 Å². The molecule has 2 fully saturated rings. The summed E-state index contributed by atoms with van der Waals surface area (Å²) in [6.07, 6.45) is 7.98. The third kappa shape index (κ3) is 2.68. The summed E-state index contributed by atoms with van der Waals surface area (Å²) in [6, 6.07) is 2.20. The first-order valence-electron chi connectivity index (χ1n) is 10.5. The summed E-state index contributed by atoms with van der Waals surface area (Å²) in [5, 5.41) is 4.62. The molecule has 2 bridgehead atoms. The highest BCUT2D eigenvalue weighted by molar-refractivity contribution is 5.94. The zero-order valence-corrected chi connectivity index (χ0v) is 16.9. The van der Waals surface area contributed by atoms with Gasteiger partial charge in [-0.2, -0.15) is 5.10 Å². The van der Waals surface area contributed by atoms with Gasteiger partial charge in [-0.1, -0.05) is 0 Å². The van der Waals surface area contributed by atoms with Crippen LogP contribution in [0.4, 0.5) is 5.95 Å². The second kappa shape index (κ2) is 6.73. The number of ether oxygens (including phenoxy) is 1. The average Bonchev–Trinajstić information content (AvgIpc) is 3.32. The predicted octanol–water partition coefficient (Wildman–Crippen LogP) is 1.57. The number of rotatable bonds is 2. The second-order valence-electron chi connectivity index (χ2n) is 8.25. The minimum absolute atomic E-state index is 0.00146. The highest BCUT2D eigenvalue weighted by Gasteiger charge is 2.44. The standard InChI is InChI=1S/C21H23N7O2/c1-13-8-19-22-12-16-17-3-2-15(9-18(16)28(19)25-13)27(17)20(29)14-10-23-21(24-11-14)26-4-6-30-7-5-26/h8,10-12,15,17H,2-7,9H2,1H3. The Bertz CT molecular complexity index is 1120. The Labute approximate surface area is 173 Å². The topological polar surface area (TPSA) is 88.8 Å². The zero-order chi connectivity index (χ0) is 20.2. The summed E-state index contributed by atoms with van der Waals surface area (Å²) < 4.78 is 7.34. The molecular formula is C21H23N7O2. The number of carbonyl (C=O) groups excluding carboxylic acids is 1. The lowest BCUT2D eigenvalue weighted by molar-refractivity contribution is 0.0641. The Morgan fingerprint density at radius 1 is 1.10 bits per heavy atom. The predicted molar refractivity (Wildman–Crippen MR) is 108 cm³/mol. The van der Waals surface area contributed by atoms with Crippen molar-refractivity contribution in [3.63, 3.8) is 0 Å². The minimum atomic E-state index is -0.00146. The van der Waals surface area contributed by atoms with Gasteiger partial charge >= 0.3 is 0 Å². The molecule has 1 amide bonds. The van der Waals surface area contributed by atoms with Crippen molar-refractivity contribution in [2.45, 2.75) is 38.3 Å². The number of amides is 1. The molecule has 30 heavy (non-hydrogen) atoms. The number of morpholine rings is 1. The third-order valence-electron chi connectivity index (χ3n) is 6.44. The van der Waals surface area contributed by atoms with E-state index in [1.54, 1.807) is 12.4 Å². The van der Waals surface area contributed by atoms with Crippen molar-refractivity contribution in [3.05, 3.63) is 47.2 Å². The third-order valence-corrected chi connectivity index (χ3v) is 6.44. The van der Waals surface area contributed by atoms with E-state index < -0.39 is 0 Å². The van der Waals surface area contributed by atoms with Gasteiger partial charge in [-0.25, -0.2) is 19.5 Å². The lowest BCUT2D eigenvalue weighted by atomic mass is 9.98. The molecule has 6 heterocycles. The summed E-state index contributed by atoms with van der Waals surface area (Å²) >= 11 is 0. The van der Waals surface area contributed by atoms with Crippen molar-refractivity contribution >= 4 is 17.5 Å². The fourth-order valence-electron chi connectivity index (χ4n) is 5.02. The molecule has 0 radical (unpaired) electrons. The van der Waals surface area contributed by atoms with E-state index >= 15 is 0 Å². The van der Waals surface area contributed by atoms with Crippen molar-refractivity contribution in [3.8, 4) is 0 Å². The lowest BCUT2D eigenvalue weighted by Gasteiger charge is -2.36. The van der Waals surface area contributed by atoms with E-state index in [-0.39, 0.29) is 18.0 Å². The molecule has 0 aromatic carbocycles. The lowest BCUT2D eigenvalue weighted by Crippen LogP contribution is -2.43. The van der Waals surface area contributed by atoms with Crippen LogP contribution in [-0.2, 0) is 11.2 Å². The summed E-state index contributed by atoms with van der Waals surface area (Å²) in [7, 11) is 0. The van der Waals surface area contributed by atoms with Crippen molar-refractivity contribution in [1.82, 2.24) is 29.5 Å². The van der Waals surface area contributed by atoms with Crippen molar-refractivity contribution in [2.75, 3.05) is 31.2 Å². The molecule has 0 N–H and O–H groups in total. The number of carbonyl (C=O) groups is 1. The molecule has 2 unspecified atom stereocenters. The van der Waals surface area contributed by atoms with Crippen LogP contribution in [0.3, 0.4) is 0 Å². The summed E-state index contributed by atoms with van der Waals surface area (Å²) in [5.41, 5.74) is 4.66. The molecule has 0 saturated carbocycles. The van der Waals surface area contributed by atoms with Crippen LogP contribution in [0, 0.1) is 6.92 Å². The van der Waals surface area contributed by atoms with E-state index in [4.69, 9.17) is 4.74 Å². The van der Waals surface area contributed by atoms with Gasteiger partial charge in [-0.3, -0.25) is 4.79 Å². The van der Waals surface area contributed by atoms with Crippen LogP contribution < -0.4 is 4.90 Å². The Hall–Kier alpha value is -3.07. The number of hydrogen-bond acceptors (Lipinski definition) is 7. The minimum Gasteiger partial charge on any atom is -0.378 e. The second-order valence-corrected chi connectivity index (χ2v) is 8.25. The Morgan fingerprint density at radius 3 is 2.70 bits per heavy atom. The molecular weight excluding hydrogens is 382 g/mol. The molecule has 0 spiro atoms. The van der Waals surface area contributed by atoms with Gasteiger partial charge in [0, 0.05) is 55.8 Å². The first-order chi connectivity index (χ1) is 14.7. The number of nitrogens with zero attached hydrogens (tertiary/aromatic N) is 7. The van der Waals surface area contributed by atoms with Gasteiger partial charge in [-0.15, -0.1) is 0 Å². The van der Waals surface area contributed by atoms with Gasteiger partial charge in [0.1, 0.15) is 0 Å². The summed E-state index contributed by atoms with van der Waals surface area (Å²) in [6.45, 7) is 4.88. The van der Waals surface area contributed by atoms with Crippen LogP contribution in [0.2, 0.25) is 0 Å². The fraction of sp³-hybridized carbons (Fsp3) is 0.476. The monoisotopic (exact) mass is 405 g/mol. The fourth-order valence-corrected chi connectivity index (χ4v) is 5.02. The first-order valence-corrected chi connectivity index (χ1v) is 10.5. The number of hydrogen-bond donors (Lipinski definition) is 0. The van der Waals surface area contributed by atoms with Gasteiger partial charge in [-0.05, 0) is 19.8 Å². The van der Waals surface area contributed by atoms with Crippen molar-refractivity contribution in [2.24, 2.45) is 0 Å². The van der Waals surface area contributed by atoms with Crippen molar-refractivity contribution in [1.29, 1.82) is 0 Å². The normalized spacial score (nSPS) is 23.1. The number of aromatic nitrogens is 5. The van der Waals surface area contributed by atoms with E-state index in [0.717, 1.165) is 49.3 Å². The average molecular weight is 405 g/mol. The number of fused-ring (bicyclic) bond motifs is 6. The molecule has 3 aliphatic heterocycles. The molecule has 3 aromatic heterocycles. The van der Waals surface area contributed by atoms with Gasteiger partial charge in [0.2, 0.25) is 5.95 Å². The van der Waals surface area contributed by atoms with Crippen LogP contribution in [-0.4, -0.2) is 67.7 Å². The number of aryl methyl sites for hydroxylation is 1. The van der Waals surface area contributed by atoms with E-state index in [0.29, 0.717) is 24.7 Å². The first kappa shape index (κ1) is 17.8. The largest absolute Gasteiger partial charge is 0.378 e. The van der Waals surface area contributed by atoms with E-state index in [2.05, 4.69) is 25.0 Å². The highest BCUT2D eigenvalue weighted by atomic mass is 16.5. The Balaban J connectivity index is 1.30. The number of anilines is 1. The van der Waals surface area contributed by atoms with E-state index in [9.17, 15) is 4.79 Å². The highest BCUT2D eigenvalue weighted by Crippen LogP contribution is 2.44. The zero-order valence-electron chi connectivity index (χ0n) is 16.9. The van der Waals surface area contributed by atoms with Gasteiger partial charge < -0.3 is 14.5 Å². The van der Waals surface area contributed by atoms with Crippen molar-refractivity contribution < 1.29 is 9.53 Å². The molecule has 154 valence electrons. The summed E-state index contributed by atoms with van der Waals surface area (Å²) in [5.74, 6) is 0.654. The maximum absolute atomic E-state index is 13.4. The molecule has 2 atom stereocenters. The molecule has 3 aromatic rings. The van der Waals surface area contributed by atoms with Crippen LogP contribution >= 0.6 is 0 Å². The maximum atomic E-state index is 13.4. The molecule has 0 aliphatic carbocycles. The molecule has 3 aliphatic rings. The van der Waals surface area contributed by atoms with Gasteiger partial charge in [0.05, 0.1) is 36.2 Å². The smallest absolute Gasteiger partial charge is 0.257 e. The maximum Gasteiger partial charge on any atom is 0.257 e. The molecule has 6 rings (SSSR count). The summed E-state index contributed by atoms with van der Waals surface area (Å²) in [4.78, 5) is 31.0. The van der Waals surface area contributed by atoms with Crippen LogP contribution in [0.25, 0.3) is 5.65 Å². The van der Waals surface area contributed by atoms with Crippen LogP contribution in [0.1, 0.15) is 46.2 Å². The van der Waals surface area contributed by atoms with Crippen LogP contribution in [0.5, 0.6) is 0 Å². The van der Waals surface area contributed by atoms with Gasteiger partial charge in [0.15, 0.2) is 5.65 Å². The Kier molecular flexibility index (Phi) is 3.98. The Morgan fingerprint density at radius 2 is 1.90 bits per heavy atom.